The van der Waals surface area contributed by atoms with Crippen LogP contribution < -0.4 is 9.88 Å². The summed E-state index contributed by atoms with van der Waals surface area (Å²) in [5.41, 5.74) is 0.733. The number of primary sulfonamides is 1. The number of hydrogen-bond donors (Lipinski definition) is 1. The highest BCUT2D eigenvalue weighted by Crippen LogP contribution is 2.21. The fraction of sp³-hybridized carbons (Fsp3) is 0.308. The summed E-state index contributed by atoms with van der Waals surface area (Å²) >= 11 is 0. The molecule has 1 heterocycles. The van der Waals surface area contributed by atoms with Gasteiger partial charge in [0, 0.05) is 25.9 Å². The van der Waals surface area contributed by atoms with Gasteiger partial charge >= 0.3 is 0 Å². The highest BCUT2D eigenvalue weighted by molar-refractivity contribution is 7.89. The number of sulfonamides is 1. The Bertz CT molecular complexity index is 707. The van der Waals surface area contributed by atoms with Gasteiger partial charge in [-0.15, -0.1) is 0 Å². The van der Waals surface area contributed by atoms with Crippen molar-refractivity contribution in [1.82, 2.24) is 9.55 Å². The summed E-state index contributed by atoms with van der Waals surface area (Å²) in [6.45, 7) is 2.26. The number of nitrogens with zero attached hydrogens (tertiary/aromatic N) is 2. The van der Waals surface area contributed by atoms with Crippen LogP contribution in [0.15, 0.2) is 35.5 Å². The van der Waals surface area contributed by atoms with Gasteiger partial charge in [0.25, 0.3) is 0 Å². The van der Waals surface area contributed by atoms with Gasteiger partial charge < -0.3 is 9.30 Å². The van der Waals surface area contributed by atoms with Crippen LogP contribution in [0.25, 0.3) is 0 Å². The Morgan fingerprint density at radius 3 is 2.70 bits per heavy atom. The zero-order valence-corrected chi connectivity index (χ0v) is 12.2. The smallest absolute Gasteiger partial charge is 0.238 e. The average Bonchev–Trinajstić information content (AvgIpc) is 2.76. The SMILES string of the molecule is Cc1cc(S(N)(=O)=O)ccc1OCCc1nccn1C. The van der Waals surface area contributed by atoms with Crippen molar-refractivity contribution in [2.24, 2.45) is 12.2 Å². The van der Waals surface area contributed by atoms with Crippen LogP contribution in [-0.4, -0.2) is 24.6 Å². The summed E-state index contributed by atoms with van der Waals surface area (Å²) in [6, 6.07) is 4.57. The number of ether oxygens (including phenoxy) is 1. The molecule has 0 saturated carbocycles. The van der Waals surface area contributed by atoms with Crippen molar-refractivity contribution in [1.29, 1.82) is 0 Å². The molecular weight excluding hydrogens is 278 g/mol. The Morgan fingerprint density at radius 1 is 1.40 bits per heavy atom. The van der Waals surface area contributed by atoms with Gasteiger partial charge in [-0.25, -0.2) is 18.5 Å². The molecule has 7 heteroatoms. The van der Waals surface area contributed by atoms with Crippen molar-refractivity contribution in [3.8, 4) is 5.75 Å². The zero-order chi connectivity index (χ0) is 14.8. The number of benzene rings is 1. The largest absolute Gasteiger partial charge is 0.493 e. The first-order valence-corrected chi connectivity index (χ1v) is 7.65. The molecule has 6 nitrogen and oxygen atoms in total. The van der Waals surface area contributed by atoms with Crippen molar-refractivity contribution in [2.75, 3.05) is 6.61 Å². The topological polar surface area (TPSA) is 87.2 Å². The molecule has 0 aliphatic heterocycles. The van der Waals surface area contributed by atoms with Crippen LogP contribution in [0.1, 0.15) is 11.4 Å². The van der Waals surface area contributed by atoms with E-state index in [9.17, 15) is 8.42 Å². The molecule has 0 amide bonds. The average molecular weight is 295 g/mol. The zero-order valence-electron chi connectivity index (χ0n) is 11.4. The molecule has 0 fully saturated rings. The molecule has 0 aliphatic rings. The fourth-order valence-electron chi connectivity index (χ4n) is 1.85. The van der Waals surface area contributed by atoms with Crippen molar-refractivity contribution >= 4 is 10.0 Å². The van der Waals surface area contributed by atoms with Gasteiger partial charge in [-0.05, 0) is 30.7 Å². The van der Waals surface area contributed by atoms with Gasteiger partial charge in [0.2, 0.25) is 10.0 Å². The Morgan fingerprint density at radius 2 is 2.15 bits per heavy atom. The number of aromatic nitrogens is 2. The summed E-state index contributed by atoms with van der Waals surface area (Å²) in [6.07, 6.45) is 4.29. The Balaban J connectivity index is 2.02. The Hall–Kier alpha value is -1.86. The molecular formula is C13H17N3O3S. The molecule has 0 saturated heterocycles. The molecule has 0 radical (unpaired) electrons. The van der Waals surface area contributed by atoms with Crippen LogP contribution in [0.4, 0.5) is 0 Å². The molecule has 2 rings (SSSR count). The fourth-order valence-corrected chi connectivity index (χ4v) is 2.45. The minimum atomic E-state index is -3.67. The third-order valence-corrected chi connectivity index (χ3v) is 3.89. The standard InChI is InChI=1S/C13H17N3O3S/c1-10-9-11(20(14,17)18)3-4-12(10)19-8-5-13-15-6-7-16(13)2/h3-4,6-7,9H,5,8H2,1-2H3,(H2,14,17,18). The van der Waals surface area contributed by atoms with Crippen molar-refractivity contribution in [2.45, 2.75) is 18.2 Å². The maximum absolute atomic E-state index is 11.2. The van der Waals surface area contributed by atoms with E-state index in [1.54, 1.807) is 19.2 Å². The first-order chi connectivity index (χ1) is 9.38. The number of rotatable bonds is 5. The maximum atomic E-state index is 11.2. The number of aryl methyl sites for hydroxylation is 2. The van der Waals surface area contributed by atoms with Crippen LogP contribution in [0.3, 0.4) is 0 Å². The predicted molar refractivity (Wildman–Crippen MR) is 75.0 cm³/mol. The van der Waals surface area contributed by atoms with E-state index < -0.39 is 10.0 Å². The Labute approximate surface area is 118 Å². The lowest BCUT2D eigenvalue weighted by atomic mass is 10.2. The molecule has 0 spiro atoms. The molecule has 108 valence electrons. The van der Waals surface area contributed by atoms with Gasteiger partial charge in [-0.2, -0.15) is 0 Å². The predicted octanol–water partition coefficient (Wildman–Crippen LogP) is 0.997. The summed E-state index contributed by atoms with van der Waals surface area (Å²) in [7, 11) is -1.75. The quantitative estimate of drug-likeness (QED) is 0.891. The number of hydrogen-bond acceptors (Lipinski definition) is 4. The second-order valence-corrected chi connectivity index (χ2v) is 6.09. The van der Waals surface area contributed by atoms with Crippen LogP contribution in [0, 0.1) is 6.92 Å². The molecule has 1 aromatic carbocycles. The second kappa shape index (κ2) is 5.64. The van der Waals surface area contributed by atoms with Gasteiger partial charge in [0.15, 0.2) is 0 Å². The monoisotopic (exact) mass is 295 g/mol. The molecule has 2 aromatic rings. The summed E-state index contributed by atoms with van der Waals surface area (Å²) in [5.74, 6) is 1.58. The van der Waals surface area contributed by atoms with E-state index in [1.165, 1.54) is 12.1 Å². The van der Waals surface area contributed by atoms with Crippen LogP contribution in [0.2, 0.25) is 0 Å². The van der Waals surface area contributed by atoms with E-state index in [2.05, 4.69) is 4.98 Å². The van der Waals surface area contributed by atoms with E-state index in [4.69, 9.17) is 9.88 Å². The van der Waals surface area contributed by atoms with Gasteiger partial charge in [0.1, 0.15) is 11.6 Å². The number of nitrogens with two attached hydrogens (primary N) is 1. The lowest BCUT2D eigenvalue weighted by molar-refractivity contribution is 0.315. The molecule has 0 unspecified atom stereocenters. The third-order valence-electron chi connectivity index (χ3n) is 2.98. The highest BCUT2D eigenvalue weighted by atomic mass is 32.2. The molecule has 1 aromatic heterocycles. The van der Waals surface area contributed by atoms with E-state index in [1.807, 2.05) is 17.8 Å². The number of imidazole rings is 1. The van der Waals surface area contributed by atoms with E-state index in [0.717, 1.165) is 11.4 Å². The van der Waals surface area contributed by atoms with Crippen LogP contribution in [-0.2, 0) is 23.5 Å². The van der Waals surface area contributed by atoms with E-state index in [-0.39, 0.29) is 4.90 Å². The lowest BCUT2D eigenvalue weighted by Crippen LogP contribution is -2.12. The molecule has 2 N–H and O–H groups in total. The van der Waals surface area contributed by atoms with Crippen molar-refractivity contribution in [3.05, 3.63) is 42.0 Å². The molecule has 0 atom stereocenters. The third kappa shape index (κ3) is 3.37. The Kier molecular flexibility index (Phi) is 4.10. The van der Waals surface area contributed by atoms with Gasteiger partial charge in [-0.3, -0.25) is 0 Å². The summed E-state index contributed by atoms with van der Waals surface area (Å²) in [5, 5.41) is 5.08. The summed E-state index contributed by atoms with van der Waals surface area (Å²) < 4.78 is 30.0. The maximum Gasteiger partial charge on any atom is 0.238 e. The minimum Gasteiger partial charge on any atom is -0.493 e. The van der Waals surface area contributed by atoms with Crippen LogP contribution >= 0.6 is 0 Å². The van der Waals surface area contributed by atoms with Gasteiger partial charge in [0.05, 0.1) is 11.5 Å². The van der Waals surface area contributed by atoms with Crippen molar-refractivity contribution < 1.29 is 13.2 Å². The lowest BCUT2D eigenvalue weighted by Gasteiger charge is -2.10. The molecule has 20 heavy (non-hydrogen) atoms. The summed E-state index contributed by atoms with van der Waals surface area (Å²) in [4.78, 5) is 4.29. The first-order valence-electron chi connectivity index (χ1n) is 6.10. The second-order valence-electron chi connectivity index (χ2n) is 4.53. The van der Waals surface area contributed by atoms with Crippen molar-refractivity contribution in [3.63, 3.8) is 0 Å². The van der Waals surface area contributed by atoms with E-state index in [0.29, 0.717) is 18.8 Å². The molecule has 0 bridgehead atoms. The first kappa shape index (κ1) is 14.5. The van der Waals surface area contributed by atoms with E-state index >= 15 is 0 Å². The minimum absolute atomic E-state index is 0.0893. The highest BCUT2D eigenvalue weighted by Gasteiger charge is 2.10. The normalized spacial score (nSPS) is 11.6. The molecule has 0 aliphatic carbocycles. The van der Waals surface area contributed by atoms with Gasteiger partial charge in [-0.1, -0.05) is 0 Å². The van der Waals surface area contributed by atoms with Crippen LogP contribution in [0.5, 0.6) is 5.75 Å².